The third kappa shape index (κ3) is 5.88. The van der Waals surface area contributed by atoms with Gasteiger partial charge in [0.2, 0.25) is 0 Å². The van der Waals surface area contributed by atoms with Crippen molar-refractivity contribution in [1.29, 1.82) is 0 Å². The van der Waals surface area contributed by atoms with E-state index >= 15 is 0 Å². The second-order valence-corrected chi connectivity index (χ2v) is 47.3. The van der Waals surface area contributed by atoms with Crippen LogP contribution in [0.4, 0.5) is 0 Å². The van der Waals surface area contributed by atoms with Crippen LogP contribution in [0.2, 0.25) is 0 Å². The molecule has 24 nitrogen and oxygen atoms in total. The van der Waals surface area contributed by atoms with Gasteiger partial charge < -0.3 is 0 Å². The molecule has 31 heavy (non-hydrogen) atoms. The van der Waals surface area contributed by atoms with E-state index in [1.165, 1.54) is 0 Å². The molecule has 31 heteroatoms. The summed E-state index contributed by atoms with van der Waals surface area (Å²) >= 11 is -54.9. The Bertz CT molecular complexity index is 1440. The maximum absolute atomic E-state index is 12.1. The molecule has 3 rings (SSSR count). The van der Waals surface area contributed by atoms with Gasteiger partial charge in [0.1, 0.15) is 0 Å². The van der Waals surface area contributed by atoms with Crippen molar-refractivity contribution in [2.24, 2.45) is 0 Å². The molecular weight excluding hydrogens is 1060 g/mol. The second kappa shape index (κ2) is 5.94. The van der Waals surface area contributed by atoms with Gasteiger partial charge in [0.25, 0.3) is 0 Å². The minimum atomic E-state index is -8.55. The van der Waals surface area contributed by atoms with Gasteiger partial charge in [0, 0.05) is 0 Å². The summed E-state index contributed by atoms with van der Waals surface area (Å²) in [4.78, 5) is 0. The number of hydrogen-bond donors (Lipinski definition) is 6. The summed E-state index contributed by atoms with van der Waals surface area (Å²) in [7, 11) is 0. The van der Waals surface area contributed by atoms with Gasteiger partial charge in [0.15, 0.2) is 0 Å². The first kappa shape index (κ1) is 28.0. The molecule has 0 amide bonds. The maximum atomic E-state index is 12.1. The fourth-order valence-electron chi connectivity index (χ4n) is 1.69. The average Bonchev–Trinajstić information content (AvgIpc) is 2.05. The monoisotopic (exact) mass is 1080 g/mol. The van der Waals surface area contributed by atoms with E-state index in [1.54, 1.807) is 0 Å². The van der Waals surface area contributed by atoms with Crippen LogP contribution in [0.25, 0.3) is 0 Å². The second-order valence-electron chi connectivity index (χ2n) is 4.98. The Balaban J connectivity index is 1.84. The molecular formula is H6Mo7O24. The first-order chi connectivity index (χ1) is 12.8. The molecule has 3 fully saturated rings. The van der Waals surface area contributed by atoms with E-state index in [0.29, 0.717) is 0 Å². The molecule has 0 aromatic carbocycles. The number of hydrogen-bond acceptors (Lipinski definition) is 18. The van der Waals surface area contributed by atoms with Crippen molar-refractivity contribution in [3.8, 4) is 0 Å². The molecule has 0 aliphatic carbocycles. The topological polar surface area (TPSA) is 358 Å². The van der Waals surface area contributed by atoms with Gasteiger partial charge in [-0.1, -0.05) is 0 Å². The van der Waals surface area contributed by atoms with Gasteiger partial charge in [-0.25, -0.2) is 0 Å². The van der Waals surface area contributed by atoms with Gasteiger partial charge >= 0.3 is 186 Å². The van der Waals surface area contributed by atoms with Gasteiger partial charge in [-0.2, -0.15) is 0 Å². The summed E-state index contributed by atoms with van der Waals surface area (Å²) < 4.78 is 188. The first-order valence-electron chi connectivity index (χ1n) is 5.60. The fraction of sp³-hybridized carbons (Fsp3) is 0. The van der Waals surface area contributed by atoms with E-state index in [0.717, 1.165) is 0 Å². The predicted molar refractivity (Wildman–Crippen MR) is 29.3 cm³/mol. The molecule has 0 aromatic heterocycles. The molecule has 3 heterocycles. The van der Waals surface area contributed by atoms with Gasteiger partial charge in [-0.3, -0.25) is 0 Å². The SMILES string of the molecule is [O]=[Mo](=[O])([OH])[O][Mo]1(=[O])([OH])[O][Mo](=[O])([OH])([O][Mo]2(=[O])([OH])[O][Mo](=[O])([OH])([O][Mo]3(=[O])([OH])[O][Mo](=[O])(=[O])[O]3)[O]2)[O]1. The molecule has 0 atom stereocenters. The van der Waals surface area contributed by atoms with Crippen LogP contribution in [-0.4, -0.2) is 22.6 Å². The Kier molecular flexibility index (Phi) is 5.36. The van der Waals surface area contributed by atoms with Gasteiger partial charge in [0.05, 0.1) is 0 Å². The third-order valence-electron chi connectivity index (χ3n) is 1.96. The molecule has 3 saturated heterocycles. The Morgan fingerprint density at radius 1 is 0.613 bits per heavy atom. The molecule has 3 aliphatic heterocycles. The normalized spacial score (nSPS) is 43.9. The molecule has 0 unspecified atom stereocenters. The summed E-state index contributed by atoms with van der Waals surface area (Å²) in [5, 5.41) is 0. The summed E-state index contributed by atoms with van der Waals surface area (Å²) in [6.07, 6.45) is 0. The van der Waals surface area contributed by atoms with Crippen LogP contribution in [0.5, 0.6) is 0 Å². The average molecular weight is 1060 g/mol. The van der Waals surface area contributed by atoms with Crippen LogP contribution in [0.1, 0.15) is 0 Å². The van der Waals surface area contributed by atoms with Crippen molar-refractivity contribution in [1.82, 2.24) is 0 Å². The number of rotatable bonds is 6. The van der Waals surface area contributed by atoms with Crippen molar-refractivity contribution >= 4 is 0 Å². The molecule has 0 saturated carbocycles. The van der Waals surface area contributed by atoms with Gasteiger partial charge in [-0.15, -0.1) is 0 Å². The van der Waals surface area contributed by atoms with E-state index in [9.17, 15) is 49.4 Å². The van der Waals surface area contributed by atoms with E-state index in [1.807, 2.05) is 0 Å². The van der Waals surface area contributed by atoms with Crippen molar-refractivity contribution in [2.45, 2.75) is 0 Å². The molecule has 192 valence electrons. The summed E-state index contributed by atoms with van der Waals surface area (Å²) in [6.45, 7) is 0. The third-order valence-corrected chi connectivity index (χ3v) is 68.6. The van der Waals surface area contributed by atoms with E-state index < -0.39 is 115 Å². The zero-order valence-electron chi connectivity index (χ0n) is 12.9. The zero-order chi connectivity index (χ0) is 24.6. The van der Waals surface area contributed by atoms with Crippen molar-refractivity contribution in [3.63, 3.8) is 0 Å². The van der Waals surface area contributed by atoms with Crippen LogP contribution >= 0.6 is 0 Å². The summed E-state index contributed by atoms with van der Waals surface area (Å²) in [5.41, 5.74) is 0. The van der Waals surface area contributed by atoms with Crippen LogP contribution in [-0.2, 0) is 164 Å². The van der Waals surface area contributed by atoms with Crippen molar-refractivity contribution in [2.75, 3.05) is 0 Å². The summed E-state index contributed by atoms with van der Waals surface area (Å²) in [5.74, 6) is 0. The van der Waals surface area contributed by atoms with Crippen LogP contribution in [0, 0.1) is 0 Å². The van der Waals surface area contributed by atoms with Crippen LogP contribution < -0.4 is 0 Å². The molecule has 3 aliphatic rings. The summed E-state index contributed by atoms with van der Waals surface area (Å²) in [6, 6.07) is 0. The Morgan fingerprint density at radius 3 is 1.19 bits per heavy atom. The Morgan fingerprint density at radius 2 is 0.903 bits per heavy atom. The zero-order valence-corrected chi connectivity index (χ0v) is 26.9. The fourth-order valence-corrected chi connectivity index (χ4v) is 78.7. The van der Waals surface area contributed by atoms with E-state index in [2.05, 4.69) is 18.4 Å². The van der Waals surface area contributed by atoms with Crippen molar-refractivity contribution in [3.05, 3.63) is 0 Å². The van der Waals surface area contributed by atoms with Crippen LogP contribution in [0.15, 0.2) is 0 Å². The predicted octanol–water partition coefficient (Wildman–Crippen LogP) is -5.04. The molecule has 0 bridgehead atoms. The van der Waals surface area contributed by atoms with E-state index in [-0.39, 0.29) is 0 Å². The molecule has 6 N–H and O–H groups in total. The first-order valence-corrected chi connectivity index (χ1v) is 33.1. The van der Waals surface area contributed by atoms with Crippen molar-refractivity contribution < 1.29 is 186 Å². The van der Waals surface area contributed by atoms with E-state index in [4.69, 9.17) is 3.76 Å². The molecule has 0 aromatic rings. The standard InChI is InChI=1S/7Mo.6H2O.18O/h;;;;;;;6*1H2;;;;;;;;;;;;;;;;;;/q;6*+1;;;;;;;;;;;;;;;;;;;;;;;;/p-6. The molecule has 0 spiro atoms. The Hall–Kier alpha value is 2.42. The Labute approximate surface area is 183 Å². The molecule has 0 radical (unpaired) electrons. The van der Waals surface area contributed by atoms with Crippen LogP contribution in [0.3, 0.4) is 0 Å². The minimum absolute atomic E-state index is 3.16. The quantitative estimate of drug-likeness (QED) is 0.136. The van der Waals surface area contributed by atoms with Gasteiger partial charge in [-0.05, 0) is 0 Å².